The van der Waals surface area contributed by atoms with Gasteiger partial charge in [-0.05, 0) is 23.1 Å². The van der Waals surface area contributed by atoms with Gasteiger partial charge in [-0.2, -0.15) is 0 Å². The van der Waals surface area contributed by atoms with E-state index in [1.54, 1.807) is 12.1 Å². The molecule has 0 fully saturated rings. The summed E-state index contributed by atoms with van der Waals surface area (Å²) in [4.78, 5) is 35.5. The third kappa shape index (κ3) is 6.30. The average Bonchev–Trinajstić information content (AvgIpc) is 2.58. The maximum Gasteiger partial charge on any atom is 0.329 e. The van der Waals surface area contributed by atoms with E-state index >= 15 is 0 Å². The lowest BCUT2D eigenvalue weighted by Crippen LogP contribution is -2.45. The molecule has 1 unspecified atom stereocenters. The van der Waals surface area contributed by atoms with Gasteiger partial charge in [0, 0.05) is 12.0 Å². The summed E-state index contributed by atoms with van der Waals surface area (Å²) in [6.07, 6.45) is 5.17. The summed E-state index contributed by atoms with van der Waals surface area (Å²) in [7, 11) is 1.21. The lowest BCUT2D eigenvalue weighted by atomic mass is 9.87. The minimum absolute atomic E-state index is 0.00514. The number of nitrogens with one attached hydrogen (secondary N) is 2. The molecule has 134 valence electrons. The highest BCUT2D eigenvalue weighted by atomic mass is 16.5. The molecule has 0 bridgehead atoms. The fraction of sp³-hybridized carbons (Fsp3) is 0.421. The van der Waals surface area contributed by atoms with Crippen LogP contribution in [0.3, 0.4) is 0 Å². The molecule has 0 radical (unpaired) electrons. The first-order valence-corrected chi connectivity index (χ1v) is 7.88. The first kappa shape index (κ1) is 20.2. The second-order valence-electron chi connectivity index (χ2n) is 6.56. The van der Waals surface area contributed by atoms with Crippen LogP contribution in [0.25, 0.3) is 0 Å². The van der Waals surface area contributed by atoms with Crippen LogP contribution < -0.4 is 10.6 Å². The van der Waals surface area contributed by atoms with Crippen molar-refractivity contribution in [3.8, 4) is 12.3 Å². The van der Waals surface area contributed by atoms with Crippen molar-refractivity contribution in [2.45, 2.75) is 38.6 Å². The quantitative estimate of drug-likeness (QED) is 0.603. The molecule has 25 heavy (non-hydrogen) atoms. The zero-order valence-corrected chi connectivity index (χ0v) is 15.0. The van der Waals surface area contributed by atoms with Crippen molar-refractivity contribution in [2.24, 2.45) is 0 Å². The Labute approximate surface area is 148 Å². The molecule has 0 spiro atoms. The zero-order valence-electron chi connectivity index (χ0n) is 15.0. The van der Waals surface area contributed by atoms with Gasteiger partial charge in [0.1, 0.15) is 6.04 Å². The molecule has 1 aromatic rings. The Hall–Kier alpha value is -2.81. The summed E-state index contributed by atoms with van der Waals surface area (Å²) in [6.45, 7) is 5.99. The molecule has 2 amide bonds. The van der Waals surface area contributed by atoms with Crippen molar-refractivity contribution < 1.29 is 19.1 Å². The van der Waals surface area contributed by atoms with Crippen LogP contribution in [0.15, 0.2) is 24.3 Å². The molecule has 1 atom stereocenters. The Balaban J connectivity index is 2.59. The van der Waals surface area contributed by atoms with E-state index in [0.29, 0.717) is 5.56 Å². The molecule has 0 saturated carbocycles. The summed E-state index contributed by atoms with van der Waals surface area (Å²) in [5.41, 5.74) is 1.56. The minimum atomic E-state index is -0.925. The molecular formula is C19H24N2O4. The first-order valence-electron chi connectivity index (χ1n) is 7.88. The van der Waals surface area contributed by atoms with Gasteiger partial charge in [-0.15, -0.1) is 12.3 Å². The number of terminal acetylenes is 1. The van der Waals surface area contributed by atoms with Crippen LogP contribution >= 0.6 is 0 Å². The summed E-state index contributed by atoms with van der Waals surface area (Å²) in [5.74, 6) is 0.768. The average molecular weight is 344 g/mol. The van der Waals surface area contributed by atoms with Crippen LogP contribution in [-0.4, -0.2) is 37.5 Å². The van der Waals surface area contributed by atoms with Gasteiger partial charge in [-0.3, -0.25) is 9.59 Å². The van der Waals surface area contributed by atoms with Crippen molar-refractivity contribution in [3.63, 3.8) is 0 Å². The molecule has 1 aromatic carbocycles. The molecule has 1 rings (SSSR count). The molecule has 0 aromatic heterocycles. The second-order valence-corrected chi connectivity index (χ2v) is 6.56. The molecule has 0 aliphatic heterocycles. The van der Waals surface area contributed by atoms with E-state index in [0.717, 1.165) is 5.56 Å². The molecule has 2 N–H and O–H groups in total. The predicted molar refractivity (Wildman–Crippen MR) is 94.9 cm³/mol. The first-order chi connectivity index (χ1) is 11.7. The van der Waals surface area contributed by atoms with E-state index in [2.05, 4.69) is 42.1 Å². The van der Waals surface area contributed by atoms with Gasteiger partial charge in [-0.25, -0.2) is 4.79 Å². The normalized spacial score (nSPS) is 11.8. The van der Waals surface area contributed by atoms with Gasteiger partial charge in [0.2, 0.25) is 5.91 Å². The third-order valence-electron chi connectivity index (χ3n) is 3.57. The molecule has 0 heterocycles. The van der Waals surface area contributed by atoms with Crippen molar-refractivity contribution >= 4 is 17.8 Å². The number of hydrogen-bond acceptors (Lipinski definition) is 4. The van der Waals surface area contributed by atoms with Gasteiger partial charge in [0.25, 0.3) is 5.91 Å². The van der Waals surface area contributed by atoms with Gasteiger partial charge in [0.15, 0.2) is 0 Å². The van der Waals surface area contributed by atoms with Crippen LogP contribution in [0.2, 0.25) is 0 Å². The summed E-state index contributed by atoms with van der Waals surface area (Å²) >= 11 is 0. The van der Waals surface area contributed by atoms with Crippen LogP contribution in [0, 0.1) is 12.3 Å². The monoisotopic (exact) mass is 344 g/mol. The number of benzene rings is 1. The number of hydrogen-bond donors (Lipinski definition) is 2. The lowest BCUT2D eigenvalue weighted by molar-refractivity contribution is -0.144. The number of carbonyl (C=O) groups excluding carboxylic acids is 3. The van der Waals surface area contributed by atoms with E-state index in [9.17, 15) is 14.4 Å². The highest BCUT2D eigenvalue weighted by Crippen LogP contribution is 2.22. The number of methoxy groups -OCH3 is 1. The Morgan fingerprint density at radius 2 is 1.80 bits per heavy atom. The number of amides is 2. The van der Waals surface area contributed by atoms with E-state index < -0.39 is 17.9 Å². The summed E-state index contributed by atoms with van der Waals surface area (Å²) in [5, 5.41) is 4.94. The summed E-state index contributed by atoms with van der Waals surface area (Å²) < 4.78 is 4.56. The number of esters is 1. The fourth-order valence-electron chi connectivity index (χ4n) is 2.08. The summed E-state index contributed by atoms with van der Waals surface area (Å²) in [6, 6.07) is 6.27. The van der Waals surface area contributed by atoms with Gasteiger partial charge in [-0.1, -0.05) is 32.9 Å². The maximum absolute atomic E-state index is 12.1. The van der Waals surface area contributed by atoms with E-state index in [4.69, 9.17) is 6.42 Å². The minimum Gasteiger partial charge on any atom is -0.467 e. The number of ether oxygens (including phenoxy) is 1. The molecule has 0 aliphatic rings. The van der Waals surface area contributed by atoms with E-state index in [1.807, 2.05) is 12.1 Å². The van der Waals surface area contributed by atoms with Gasteiger partial charge >= 0.3 is 5.97 Å². The predicted octanol–water partition coefficient (Wildman–Crippen LogP) is 1.39. The molecular weight excluding hydrogens is 320 g/mol. The Morgan fingerprint density at radius 3 is 2.28 bits per heavy atom. The molecule has 0 aliphatic carbocycles. The molecule has 0 saturated heterocycles. The number of carbonyl (C=O) groups is 3. The largest absolute Gasteiger partial charge is 0.467 e. The van der Waals surface area contributed by atoms with Crippen LogP contribution in [-0.2, 0) is 19.7 Å². The van der Waals surface area contributed by atoms with E-state index in [1.165, 1.54) is 7.11 Å². The SMILES string of the molecule is C#CCC(NC(=O)CNC(=O)c1ccc(C(C)(C)C)cc1)C(=O)OC. The highest BCUT2D eigenvalue weighted by molar-refractivity contribution is 5.97. The topological polar surface area (TPSA) is 84.5 Å². The van der Waals surface area contributed by atoms with Crippen LogP contribution in [0.4, 0.5) is 0 Å². The second kappa shape index (κ2) is 8.88. The molecule has 6 heteroatoms. The Morgan fingerprint density at radius 1 is 1.20 bits per heavy atom. The lowest BCUT2D eigenvalue weighted by Gasteiger charge is -2.19. The molecule has 6 nitrogen and oxygen atoms in total. The van der Waals surface area contributed by atoms with Crippen molar-refractivity contribution in [3.05, 3.63) is 35.4 Å². The van der Waals surface area contributed by atoms with E-state index in [-0.39, 0.29) is 24.3 Å². The van der Waals surface area contributed by atoms with Crippen molar-refractivity contribution in [1.29, 1.82) is 0 Å². The van der Waals surface area contributed by atoms with Crippen molar-refractivity contribution in [1.82, 2.24) is 10.6 Å². The van der Waals surface area contributed by atoms with Gasteiger partial charge in [0.05, 0.1) is 13.7 Å². The van der Waals surface area contributed by atoms with Crippen LogP contribution in [0.5, 0.6) is 0 Å². The fourth-order valence-corrected chi connectivity index (χ4v) is 2.08. The third-order valence-corrected chi connectivity index (χ3v) is 3.57. The Bertz CT molecular complexity index is 666. The zero-order chi connectivity index (χ0) is 19.0. The number of rotatable bonds is 6. The highest BCUT2D eigenvalue weighted by Gasteiger charge is 2.20. The van der Waals surface area contributed by atoms with Crippen LogP contribution in [0.1, 0.15) is 43.1 Å². The standard InChI is InChI=1S/C19H24N2O4/c1-6-7-15(18(24)25-5)21-16(22)12-20-17(23)13-8-10-14(11-9-13)19(2,3)4/h1,8-11,15H,7,12H2,2-5H3,(H,20,23)(H,21,22). The van der Waals surface area contributed by atoms with Crippen molar-refractivity contribution in [2.75, 3.05) is 13.7 Å². The Kier molecular flexibility index (Phi) is 7.19. The van der Waals surface area contributed by atoms with Gasteiger partial charge < -0.3 is 15.4 Å². The maximum atomic E-state index is 12.1. The smallest absolute Gasteiger partial charge is 0.329 e.